The van der Waals surface area contributed by atoms with Crippen LogP contribution in [0, 0.1) is 0 Å². The first-order valence-corrected chi connectivity index (χ1v) is 10.2. The number of halogens is 1. The first kappa shape index (κ1) is 21.0. The fourth-order valence-corrected chi connectivity index (χ4v) is 3.47. The molecule has 146 valence electrons. The summed E-state index contributed by atoms with van der Waals surface area (Å²) in [5.74, 6) is 0.955. The third-order valence-corrected chi connectivity index (χ3v) is 4.98. The lowest BCUT2D eigenvalue weighted by atomic mass is 10.3. The molecule has 2 aromatic rings. The number of ether oxygens (including phenoxy) is 1. The number of aliphatic imine (C=N–C) groups is 1. The van der Waals surface area contributed by atoms with Crippen LogP contribution in [-0.2, 0) is 10.0 Å². The van der Waals surface area contributed by atoms with Gasteiger partial charge in [-0.3, -0.25) is 4.99 Å². The zero-order valence-corrected chi connectivity index (χ0v) is 16.7. The molecular formula is C18H23ClN4O3S. The summed E-state index contributed by atoms with van der Waals surface area (Å²) in [5.41, 5.74) is 6.57. The average Bonchev–Trinajstić information content (AvgIpc) is 2.60. The summed E-state index contributed by atoms with van der Waals surface area (Å²) >= 11 is 5.82. The van der Waals surface area contributed by atoms with E-state index in [1.54, 1.807) is 12.1 Å². The molecule has 0 fully saturated rings. The van der Waals surface area contributed by atoms with Crippen LogP contribution >= 0.6 is 11.6 Å². The number of hydrogen-bond donors (Lipinski definition) is 3. The maximum absolute atomic E-state index is 12.2. The number of nitrogens with one attached hydrogen (secondary N) is 2. The Labute approximate surface area is 164 Å². The number of anilines is 1. The predicted octanol–water partition coefficient (Wildman–Crippen LogP) is 2.83. The summed E-state index contributed by atoms with van der Waals surface area (Å²) in [7, 11) is -3.63. The summed E-state index contributed by atoms with van der Waals surface area (Å²) < 4.78 is 32.3. The molecule has 2 aromatic carbocycles. The van der Waals surface area contributed by atoms with Gasteiger partial charge in [-0.05, 0) is 56.3 Å². The van der Waals surface area contributed by atoms with Gasteiger partial charge in [0.1, 0.15) is 5.75 Å². The lowest BCUT2D eigenvalue weighted by molar-refractivity contribution is 0.242. The first-order chi connectivity index (χ1) is 12.8. The minimum Gasteiger partial charge on any atom is -0.491 e. The van der Waals surface area contributed by atoms with Gasteiger partial charge in [0.05, 0.1) is 17.5 Å². The number of benzene rings is 2. The highest BCUT2D eigenvalue weighted by Crippen LogP contribution is 2.17. The van der Waals surface area contributed by atoms with E-state index < -0.39 is 10.0 Å². The Morgan fingerprint density at radius 3 is 2.56 bits per heavy atom. The third-order valence-electron chi connectivity index (χ3n) is 3.29. The van der Waals surface area contributed by atoms with E-state index in [0.717, 1.165) is 11.4 Å². The number of hydrogen-bond acceptors (Lipinski definition) is 4. The molecule has 4 N–H and O–H groups in total. The van der Waals surface area contributed by atoms with Crippen molar-refractivity contribution >= 4 is 33.3 Å². The molecular weight excluding hydrogens is 388 g/mol. The van der Waals surface area contributed by atoms with Crippen molar-refractivity contribution in [2.24, 2.45) is 10.7 Å². The van der Waals surface area contributed by atoms with Crippen molar-refractivity contribution in [1.29, 1.82) is 0 Å². The second kappa shape index (κ2) is 9.59. The molecule has 0 radical (unpaired) electrons. The molecule has 0 aliphatic carbocycles. The van der Waals surface area contributed by atoms with Crippen LogP contribution in [0.3, 0.4) is 0 Å². The van der Waals surface area contributed by atoms with E-state index in [1.807, 2.05) is 38.1 Å². The lowest BCUT2D eigenvalue weighted by Crippen LogP contribution is -2.28. The maximum atomic E-state index is 12.2. The van der Waals surface area contributed by atoms with Gasteiger partial charge in [0, 0.05) is 17.3 Å². The van der Waals surface area contributed by atoms with E-state index in [9.17, 15) is 8.42 Å². The van der Waals surface area contributed by atoms with Crippen LogP contribution in [-0.4, -0.2) is 33.6 Å². The molecule has 0 atom stereocenters. The number of rotatable bonds is 8. The Morgan fingerprint density at radius 1 is 1.22 bits per heavy atom. The Hall–Kier alpha value is -2.29. The summed E-state index contributed by atoms with van der Waals surface area (Å²) in [6.45, 7) is 4.21. The Kier molecular flexibility index (Phi) is 7.46. The zero-order valence-electron chi connectivity index (χ0n) is 15.1. The largest absolute Gasteiger partial charge is 0.491 e. The second-order valence-corrected chi connectivity index (χ2v) is 8.14. The Bertz CT molecular complexity index is 884. The number of guanidine groups is 1. The highest BCUT2D eigenvalue weighted by molar-refractivity contribution is 7.89. The lowest BCUT2D eigenvalue weighted by Gasteiger charge is -2.11. The molecule has 2 rings (SSSR count). The highest BCUT2D eigenvalue weighted by atomic mass is 35.5. The SMILES string of the molecule is CC(C)Oc1ccc(NC(N)=NCCNS(=O)(=O)c2cccc(Cl)c2)cc1. The van der Waals surface area contributed by atoms with Crippen LogP contribution in [0.25, 0.3) is 0 Å². The number of sulfonamides is 1. The van der Waals surface area contributed by atoms with Gasteiger partial charge in [-0.15, -0.1) is 0 Å². The van der Waals surface area contributed by atoms with Gasteiger partial charge in [-0.25, -0.2) is 13.1 Å². The van der Waals surface area contributed by atoms with E-state index in [1.165, 1.54) is 12.1 Å². The molecule has 0 aromatic heterocycles. The van der Waals surface area contributed by atoms with Gasteiger partial charge in [-0.2, -0.15) is 0 Å². The van der Waals surface area contributed by atoms with Gasteiger partial charge in [-0.1, -0.05) is 17.7 Å². The monoisotopic (exact) mass is 410 g/mol. The summed E-state index contributed by atoms with van der Waals surface area (Å²) in [5, 5.41) is 3.29. The van der Waals surface area contributed by atoms with Crippen LogP contribution in [0.1, 0.15) is 13.8 Å². The van der Waals surface area contributed by atoms with E-state index >= 15 is 0 Å². The molecule has 0 spiro atoms. The summed E-state index contributed by atoms with van der Waals surface area (Å²) in [6.07, 6.45) is 0.103. The smallest absolute Gasteiger partial charge is 0.240 e. The van der Waals surface area contributed by atoms with Gasteiger partial charge in [0.15, 0.2) is 5.96 Å². The fourth-order valence-electron chi connectivity index (χ4n) is 2.15. The molecule has 0 amide bonds. The molecule has 0 bridgehead atoms. The summed E-state index contributed by atoms with van der Waals surface area (Å²) in [6, 6.07) is 13.3. The molecule has 0 heterocycles. The van der Waals surface area contributed by atoms with Crippen LogP contribution < -0.4 is 20.5 Å². The standard InChI is InChI=1S/C18H23ClN4O3S/c1-13(2)26-16-8-6-15(7-9-16)23-18(20)21-10-11-22-27(24,25)17-5-3-4-14(19)12-17/h3-9,12-13,22H,10-11H2,1-2H3,(H3,20,21,23). The molecule has 0 saturated carbocycles. The normalized spacial score (nSPS) is 12.2. The van der Waals surface area contributed by atoms with Crippen LogP contribution in [0.2, 0.25) is 5.02 Å². The predicted molar refractivity (Wildman–Crippen MR) is 109 cm³/mol. The Morgan fingerprint density at radius 2 is 1.93 bits per heavy atom. The second-order valence-electron chi connectivity index (χ2n) is 5.94. The fraction of sp³-hybridized carbons (Fsp3) is 0.278. The van der Waals surface area contributed by atoms with Crippen molar-refractivity contribution in [2.75, 3.05) is 18.4 Å². The molecule has 0 saturated heterocycles. The third kappa shape index (κ3) is 7.09. The molecule has 0 unspecified atom stereocenters. The van der Waals surface area contributed by atoms with Crippen LogP contribution in [0.5, 0.6) is 5.75 Å². The van der Waals surface area contributed by atoms with Gasteiger partial charge in [0.2, 0.25) is 10.0 Å². The maximum Gasteiger partial charge on any atom is 0.240 e. The van der Waals surface area contributed by atoms with Crippen molar-refractivity contribution < 1.29 is 13.2 Å². The van der Waals surface area contributed by atoms with Crippen LogP contribution in [0.15, 0.2) is 58.4 Å². The van der Waals surface area contributed by atoms with Crippen molar-refractivity contribution in [2.45, 2.75) is 24.8 Å². The van der Waals surface area contributed by atoms with E-state index in [2.05, 4.69) is 15.0 Å². The topological polar surface area (TPSA) is 106 Å². The molecule has 9 heteroatoms. The zero-order chi connectivity index (χ0) is 19.9. The van der Waals surface area contributed by atoms with E-state index in [0.29, 0.717) is 5.02 Å². The minimum atomic E-state index is -3.63. The van der Waals surface area contributed by atoms with Crippen molar-refractivity contribution in [1.82, 2.24) is 4.72 Å². The summed E-state index contributed by atoms with van der Waals surface area (Å²) in [4.78, 5) is 4.21. The van der Waals surface area contributed by atoms with E-state index in [4.69, 9.17) is 22.1 Å². The Balaban J connectivity index is 1.83. The van der Waals surface area contributed by atoms with Crippen molar-refractivity contribution in [3.8, 4) is 5.75 Å². The highest BCUT2D eigenvalue weighted by Gasteiger charge is 2.13. The van der Waals surface area contributed by atoms with Crippen LogP contribution in [0.4, 0.5) is 5.69 Å². The van der Waals surface area contributed by atoms with Crippen molar-refractivity contribution in [3.05, 3.63) is 53.6 Å². The number of nitrogens with zero attached hydrogens (tertiary/aromatic N) is 1. The minimum absolute atomic E-state index is 0.103. The molecule has 0 aliphatic heterocycles. The molecule has 27 heavy (non-hydrogen) atoms. The average molecular weight is 411 g/mol. The van der Waals surface area contributed by atoms with Crippen molar-refractivity contribution in [3.63, 3.8) is 0 Å². The molecule has 7 nitrogen and oxygen atoms in total. The van der Waals surface area contributed by atoms with Gasteiger partial charge in [0.25, 0.3) is 0 Å². The molecule has 0 aliphatic rings. The van der Waals surface area contributed by atoms with E-state index in [-0.39, 0.29) is 30.0 Å². The quantitative estimate of drug-likeness (QED) is 0.352. The van der Waals surface area contributed by atoms with Gasteiger partial charge < -0.3 is 15.8 Å². The number of nitrogens with two attached hydrogens (primary N) is 1. The first-order valence-electron chi connectivity index (χ1n) is 8.35. The van der Waals surface area contributed by atoms with Gasteiger partial charge >= 0.3 is 0 Å².